The largest absolute Gasteiger partial charge is 0.494 e. The first-order chi connectivity index (χ1) is 13.3. The fraction of sp³-hybridized carbons (Fsp3) is 0.263. The minimum Gasteiger partial charge on any atom is -0.494 e. The fourth-order valence-corrected chi connectivity index (χ4v) is 4.62. The monoisotopic (exact) mass is 418 g/mol. The predicted molar refractivity (Wildman–Crippen MR) is 107 cm³/mol. The lowest BCUT2D eigenvalue weighted by atomic mass is 10.2. The topological polar surface area (TPSA) is 85.8 Å². The molecule has 146 valence electrons. The van der Waals surface area contributed by atoms with E-state index in [9.17, 15) is 13.2 Å². The normalized spacial score (nSPS) is 14.7. The van der Waals surface area contributed by atoms with E-state index < -0.39 is 15.8 Å². The minimum atomic E-state index is -3.38. The van der Waals surface area contributed by atoms with Crippen LogP contribution in [0.25, 0.3) is 10.2 Å². The minimum absolute atomic E-state index is 0.0978. The molecule has 4 rings (SSSR count). The van der Waals surface area contributed by atoms with Gasteiger partial charge in [0.15, 0.2) is 15.0 Å². The van der Waals surface area contributed by atoms with Crippen molar-refractivity contribution in [1.82, 2.24) is 4.98 Å². The number of thiazole rings is 1. The highest BCUT2D eigenvalue weighted by Gasteiger charge is 2.32. The molecule has 3 aromatic rings. The van der Waals surface area contributed by atoms with Gasteiger partial charge in [0.1, 0.15) is 17.4 Å². The number of ether oxygens (including phenoxy) is 2. The van der Waals surface area contributed by atoms with Crippen molar-refractivity contribution in [1.29, 1.82) is 0 Å². The third-order valence-corrected chi connectivity index (χ3v) is 6.67. The third kappa shape index (κ3) is 3.55. The second kappa shape index (κ2) is 7.06. The number of esters is 1. The Bertz CT molecular complexity index is 1150. The van der Waals surface area contributed by atoms with E-state index >= 15 is 0 Å². The van der Waals surface area contributed by atoms with E-state index in [1.54, 1.807) is 24.5 Å². The Morgan fingerprint density at radius 2 is 1.96 bits per heavy atom. The van der Waals surface area contributed by atoms with Crippen molar-refractivity contribution >= 4 is 42.5 Å². The molecule has 0 aliphatic carbocycles. The van der Waals surface area contributed by atoms with Crippen LogP contribution in [-0.2, 0) is 14.6 Å². The van der Waals surface area contributed by atoms with Crippen LogP contribution >= 0.6 is 11.3 Å². The summed E-state index contributed by atoms with van der Waals surface area (Å²) in [6.07, 6.45) is 0.845. The van der Waals surface area contributed by atoms with Gasteiger partial charge in [0.25, 0.3) is 0 Å². The highest BCUT2D eigenvalue weighted by atomic mass is 32.2. The van der Waals surface area contributed by atoms with E-state index in [0.29, 0.717) is 13.1 Å². The Labute approximate surface area is 166 Å². The Kier molecular flexibility index (Phi) is 4.72. The van der Waals surface area contributed by atoms with Gasteiger partial charge >= 0.3 is 5.97 Å². The molecule has 1 saturated heterocycles. The molecule has 1 aliphatic heterocycles. The van der Waals surface area contributed by atoms with Gasteiger partial charge in [-0.15, -0.1) is 0 Å². The van der Waals surface area contributed by atoms with Crippen molar-refractivity contribution in [2.75, 3.05) is 31.4 Å². The quantitative estimate of drug-likeness (QED) is 0.589. The SMILES string of the molecule is COc1cccc2sc(N3CC(OC(=O)c4cccc(S(C)(=O)=O)c4)C3)nc12. The lowest BCUT2D eigenvalue weighted by Crippen LogP contribution is -2.53. The highest BCUT2D eigenvalue weighted by Crippen LogP contribution is 2.36. The summed E-state index contributed by atoms with van der Waals surface area (Å²) in [5.41, 5.74) is 1.05. The van der Waals surface area contributed by atoms with Crippen LogP contribution in [0.3, 0.4) is 0 Å². The maximum Gasteiger partial charge on any atom is 0.338 e. The molecule has 0 amide bonds. The molecule has 0 spiro atoms. The Morgan fingerprint density at radius 3 is 2.68 bits per heavy atom. The van der Waals surface area contributed by atoms with Crippen molar-refractivity contribution in [3.05, 3.63) is 48.0 Å². The van der Waals surface area contributed by atoms with Gasteiger partial charge in [-0.2, -0.15) is 0 Å². The summed E-state index contributed by atoms with van der Waals surface area (Å²) < 4.78 is 35.2. The molecule has 0 unspecified atom stereocenters. The highest BCUT2D eigenvalue weighted by molar-refractivity contribution is 7.90. The molecular formula is C19H18N2O5S2. The van der Waals surface area contributed by atoms with Crippen LogP contribution in [0.4, 0.5) is 5.13 Å². The number of fused-ring (bicyclic) bond motifs is 1. The van der Waals surface area contributed by atoms with Gasteiger partial charge in [-0.3, -0.25) is 0 Å². The number of aromatic nitrogens is 1. The number of carbonyl (C=O) groups is 1. The zero-order chi connectivity index (χ0) is 19.9. The summed E-state index contributed by atoms with van der Waals surface area (Å²) in [6.45, 7) is 1.08. The number of hydrogen-bond donors (Lipinski definition) is 0. The zero-order valence-electron chi connectivity index (χ0n) is 15.3. The van der Waals surface area contributed by atoms with Crippen molar-refractivity contribution in [2.24, 2.45) is 0 Å². The molecule has 2 heterocycles. The average Bonchev–Trinajstić information content (AvgIpc) is 3.07. The predicted octanol–water partition coefficient (Wildman–Crippen LogP) is 2.75. The molecule has 9 heteroatoms. The number of anilines is 1. The van der Waals surface area contributed by atoms with Crippen LogP contribution in [-0.4, -0.2) is 51.9 Å². The first-order valence-corrected chi connectivity index (χ1v) is 11.3. The molecule has 0 bridgehead atoms. The average molecular weight is 418 g/mol. The first kappa shape index (κ1) is 18.7. The summed E-state index contributed by atoms with van der Waals surface area (Å²) in [7, 11) is -1.76. The molecular weight excluding hydrogens is 400 g/mol. The van der Waals surface area contributed by atoms with Gasteiger partial charge in [0, 0.05) is 6.26 Å². The molecule has 1 fully saturated rings. The fourth-order valence-electron chi connectivity index (χ4n) is 2.95. The lowest BCUT2D eigenvalue weighted by Gasteiger charge is -2.38. The molecule has 1 aromatic heterocycles. The van der Waals surface area contributed by atoms with E-state index in [1.165, 1.54) is 18.2 Å². The molecule has 7 nitrogen and oxygen atoms in total. The van der Waals surface area contributed by atoms with E-state index in [2.05, 4.69) is 4.98 Å². The van der Waals surface area contributed by atoms with Crippen LogP contribution in [0.15, 0.2) is 47.4 Å². The number of carbonyl (C=O) groups excluding carboxylic acids is 1. The standard InChI is InChI=1S/C19H18N2O5S2/c1-25-15-7-4-8-16-17(15)20-19(27-16)21-10-13(11-21)26-18(22)12-5-3-6-14(9-12)28(2,23)24/h3-9,13H,10-11H2,1-2H3. The summed E-state index contributed by atoms with van der Waals surface area (Å²) in [5, 5.41) is 0.853. The van der Waals surface area contributed by atoms with Crippen LogP contribution in [0, 0.1) is 0 Å². The molecule has 28 heavy (non-hydrogen) atoms. The summed E-state index contributed by atoms with van der Waals surface area (Å²) in [4.78, 5) is 19.1. The second-order valence-corrected chi connectivity index (χ2v) is 9.56. The maximum absolute atomic E-state index is 12.3. The molecule has 0 radical (unpaired) electrons. The number of sulfone groups is 1. The summed E-state index contributed by atoms with van der Waals surface area (Å²) in [5.74, 6) is 0.204. The Hall–Kier alpha value is -2.65. The van der Waals surface area contributed by atoms with Crippen LogP contribution in [0.2, 0.25) is 0 Å². The van der Waals surface area contributed by atoms with Crippen molar-refractivity contribution in [3.63, 3.8) is 0 Å². The van der Waals surface area contributed by atoms with Gasteiger partial charge in [0.05, 0.1) is 35.4 Å². The van der Waals surface area contributed by atoms with Crippen molar-refractivity contribution in [3.8, 4) is 5.75 Å². The van der Waals surface area contributed by atoms with E-state index in [-0.39, 0.29) is 16.6 Å². The summed E-state index contributed by atoms with van der Waals surface area (Å²) >= 11 is 1.56. The number of para-hydroxylation sites is 1. The van der Waals surface area contributed by atoms with Crippen LogP contribution < -0.4 is 9.64 Å². The third-order valence-electron chi connectivity index (χ3n) is 4.48. The van der Waals surface area contributed by atoms with E-state index in [1.807, 2.05) is 23.1 Å². The molecule has 0 N–H and O–H groups in total. The van der Waals surface area contributed by atoms with Gasteiger partial charge in [-0.1, -0.05) is 23.5 Å². The molecule has 1 aliphatic rings. The number of benzene rings is 2. The van der Waals surface area contributed by atoms with Gasteiger partial charge in [-0.25, -0.2) is 18.2 Å². The van der Waals surface area contributed by atoms with Gasteiger partial charge in [0.2, 0.25) is 0 Å². The number of hydrogen-bond acceptors (Lipinski definition) is 8. The zero-order valence-corrected chi connectivity index (χ0v) is 16.9. The van der Waals surface area contributed by atoms with Gasteiger partial charge in [-0.05, 0) is 30.3 Å². The lowest BCUT2D eigenvalue weighted by molar-refractivity contribution is 0.0234. The van der Waals surface area contributed by atoms with Crippen molar-refractivity contribution < 1.29 is 22.7 Å². The van der Waals surface area contributed by atoms with Crippen molar-refractivity contribution in [2.45, 2.75) is 11.0 Å². The first-order valence-electron chi connectivity index (χ1n) is 8.55. The van der Waals surface area contributed by atoms with Crippen LogP contribution in [0.1, 0.15) is 10.4 Å². The van der Waals surface area contributed by atoms with E-state index in [0.717, 1.165) is 27.4 Å². The van der Waals surface area contributed by atoms with Gasteiger partial charge < -0.3 is 14.4 Å². The smallest absolute Gasteiger partial charge is 0.338 e. The van der Waals surface area contributed by atoms with E-state index in [4.69, 9.17) is 9.47 Å². The number of rotatable bonds is 5. The number of nitrogens with zero attached hydrogens (tertiary/aromatic N) is 2. The molecule has 0 saturated carbocycles. The second-order valence-electron chi connectivity index (χ2n) is 6.54. The maximum atomic E-state index is 12.3. The van der Waals surface area contributed by atoms with Crippen LogP contribution in [0.5, 0.6) is 5.75 Å². The summed E-state index contributed by atoms with van der Waals surface area (Å²) in [6, 6.07) is 11.7. The molecule has 0 atom stereocenters. The Morgan fingerprint density at radius 1 is 1.21 bits per heavy atom. The Balaban J connectivity index is 1.41. The molecule has 2 aromatic carbocycles. The number of methoxy groups -OCH3 is 1.